The van der Waals surface area contributed by atoms with Crippen LogP contribution in [-0.4, -0.2) is 35.2 Å². The van der Waals surface area contributed by atoms with Gasteiger partial charge in [0.05, 0.1) is 6.61 Å². The van der Waals surface area contributed by atoms with Gasteiger partial charge >= 0.3 is 0 Å². The van der Waals surface area contributed by atoms with E-state index in [-0.39, 0.29) is 24.0 Å². The monoisotopic (exact) mass is 263 g/mol. The fourth-order valence-electron chi connectivity index (χ4n) is 2.58. The predicted molar refractivity (Wildman–Crippen MR) is 73.7 cm³/mol. The van der Waals surface area contributed by atoms with E-state index in [9.17, 15) is 9.90 Å². The summed E-state index contributed by atoms with van der Waals surface area (Å²) in [6, 6.07) is 5.45. The Morgan fingerprint density at radius 2 is 2.21 bits per heavy atom. The molecular formula is C14H21N3O2. The highest BCUT2D eigenvalue weighted by Gasteiger charge is 2.35. The Hall–Kier alpha value is -1.46. The number of aliphatic hydroxyl groups is 1. The van der Waals surface area contributed by atoms with Crippen molar-refractivity contribution in [2.24, 2.45) is 5.92 Å². The van der Waals surface area contributed by atoms with Gasteiger partial charge in [-0.2, -0.15) is 0 Å². The first-order chi connectivity index (χ1) is 9.19. The zero-order valence-electron chi connectivity index (χ0n) is 11.2. The molecule has 0 aromatic carbocycles. The molecule has 0 spiro atoms. The zero-order valence-corrected chi connectivity index (χ0v) is 11.2. The Bertz CT molecular complexity index is 408. The van der Waals surface area contributed by atoms with Crippen LogP contribution in [0.2, 0.25) is 0 Å². The Morgan fingerprint density at radius 3 is 2.74 bits per heavy atom. The summed E-state index contributed by atoms with van der Waals surface area (Å²) in [4.78, 5) is 16.2. The largest absolute Gasteiger partial charge is 0.394 e. The highest BCUT2D eigenvalue weighted by atomic mass is 16.3. The third kappa shape index (κ3) is 3.30. The molecule has 0 saturated heterocycles. The Morgan fingerprint density at radius 1 is 1.47 bits per heavy atom. The van der Waals surface area contributed by atoms with Crippen LogP contribution in [0.3, 0.4) is 0 Å². The van der Waals surface area contributed by atoms with Gasteiger partial charge in [-0.15, -0.1) is 0 Å². The van der Waals surface area contributed by atoms with Crippen LogP contribution in [0.1, 0.15) is 25.7 Å². The highest BCUT2D eigenvalue weighted by Crippen LogP contribution is 2.32. The van der Waals surface area contributed by atoms with Crippen LogP contribution in [0.4, 0.5) is 5.82 Å². The molecule has 0 aliphatic heterocycles. The van der Waals surface area contributed by atoms with Gasteiger partial charge in [-0.1, -0.05) is 6.07 Å². The number of aliphatic hydroxyl groups excluding tert-OH is 1. The van der Waals surface area contributed by atoms with Gasteiger partial charge in [0, 0.05) is 17.7 Å². The molecule has 5 nitrogen and oxygen atoms in total. The molecule has 1 heterocycles. The summed E-state index contributed by atoms with van der Waals surface area (Å²) in [5.74, 6) is 0.636. The van der Waals surface area contributed by atoms with Crippen LogP contribution < -0.4 is 10.6 Å². The standard InChI is InChI=1S/C14H21N3O2/c1-15-14(10-18)7-5-11(6-8-14)13(19)17-12-4-2-3-9-16-12/h2-4,9,11,15,18H,5-8,10H2,1H3,(H,16,17,19). The van der Waals surface area contributed by atoms with E-state index >= 15 is 0 Å². The third-order valence-corrected chi connectivity index (χ3v) is 4.06. The summed E-state index contributed by atoms with van der Waals surface area (Å²) >= 11 is 0. The van der Waals surface area contributed by atoms with Crippen LogP contribution in [0.15, 0.2) is 24.4 Å². The Balaban J connectivity index is 1.89. The van der Waals surface area contributed by atoms with Gasteiger partial charge < -0.3 is 15.7 Å². The lowest BCUT2D eigenvalue weighted by Crippen LogP contribution is -2.50. The summed E-state index contributed by atoms with van der Waals surface area (Å²) in [6.45, 7) is 0.123. The molecule has 5 heteroatoms. The zero-order chi connectivity index (χ0) is 13.7. The molecule has 1 amide bonds. The summed E-state index contributed by atoms with van der Waals surface area (Å²) in [5, 5.41) is 15.5. The molecule has 1 saturated carbocycles. The van der Waals surface area contributed by atoms with Gasteiger partial charge in [0.25, 0.3) is 0 Å². The van der Waals surface area contributed by atoms with Crippen molar-refractivity contribution >= 4 is 11.7 Å². The second-order valence-electron chi connectivity index (χ2n) is 5.17. The topological polar surface area (TPSA) is 74.2 Å². The number of aromatic nitrogens is 1. The third-order valence-electron chi connectivity index (χ3n) is 4.06. The van der Waals surface area contributed by atoms with Gasteiger partial charge in [-0.3, -0.25) is 4.79 Å². The predicted octanol–water partition coefficient (Wildman–Crippen LogP) is 1.16. The van der Waals surface area contributed by atoms with E-state index in [0.29, 0.717) is 5.82 Å². The average molecular weight is 263 g/mol. The molecule has 0 radical (unpaired) electrons. The second kappa shape index (κ2) is 6.12. The Kier molecular flexibility index (Phi) is 4.50. The molecule has 2 rings (SSSR count). The highest BCUT2D eigenvalue weighted by molar-refractivity contribution is 5.91. The number of nitrogens with one attached hydrogen (secondary N) is 2. The van der Waals surface area contributed by atoms with Crippen molar-refractivity contribution in [2.45, 2.75) is 31.2 Å². The fraction of sp³-hybridized carbons (Fsp3) is 0.571. The van der Waals surface area contributed by atoms with Crippen LogP contribution in [0, 0.1) is 5.92 Å². The van der Waals surface area contributed by atoms with Crippen LogP contribution in [0.25, 0.3) is 0 Å². The molecule has 104 valence electrons. The van der Waals surface area contributed by atoms with Gasteiger partial charge in [0.1, 0.15) is 5.82 Å². The number of anilines is 1. The molecule has 0 unspecified atom stereocenters. The summed E-state index contributed by atoms with van der Waals surface area (Å²) in [7, 11) is 1.87. The van der Waals surface area contributed by atoms with E-state index in [1.165, 1.54) is 0 Å². The van der Waals surface area contributed by atoms with E-state index in [1.54, 1.807) is 12.3 Å². The maximum atomic E-state index is 12.1. The molecule has 19 heavy (non-hydrogen) atoms. The van der Waals surface area contributed by atoms with Crippen molar-refractivity contribution in [3.05, 3.63) is 24.4 Å². The van der Waals surface area contributed by atoms with E-state index in [1.807, 2.05) is 19.2 Å². The quantitative estimate of drug-likeness (QED) is 0.762. The fourth-order valence-corrected chi connectivity index (χ4v) is 2.58. The van der Waals surface area contributed by atoms with E-state index in [2.05, 4.69) is 15.6 Å². The average Bonchev–Trinajstić information content (AvgIpc) is 2.48. The Labute approximate surface area is 113 Å². The summed E-state index contributed by atoms with van der Waals surface area (Å²) in [5.41, 5.74) is -0.207. The van der Waals surface area contributed by atoms with Crippen LogP contribution in [0.5, 0.6) is 0 Å². The number of nitrogens with zero attached hydrogens (tertiary/aromatic N) is 1. The number of likely N-dealkylation sites (N-methyl/N-ethyl adjacent to an activating group) is 1. The van der Waals surface area contributed by atoms with Crippen molar-refractivity contribution < 1.29 is 9.90 Å². The van der Waals surface area contributed by atoms with E-state index < -0.39 is 0 Å². The number of carbonyl (C=O) groups excluding carboxylic acids is 1. The van der Waals surface area contributed by atoms with E-state index in [4.69, 9.17) is 0 Å². The van der Waals surface area contributed by atoms with Crippen molar-refractivity contribution in [2.75, 3.05) is 19.0 Å². The SMILES string of the molecule is CNC1(CO)CCC(C(=O)Nc2ccccn2)CC1. The lowest BCUT2D eigenvalue weighted by Gasteiger charge is -2.38. The van der Waals surface area contributed by atoms with Gasteiger partial charge in [0.2, 0.25) is 5.91 Å². The number of hydrogen-bond acceptors (Lipinski definition) is 4. The number of hydrogen-bond donors (Lipinski definition) is 3. The van der Waals surface area contributed by atoms with Crippen molar-refractivity contribution in [3.8, 4) is 0 Å². The first kappa shape index (κ1) is 14.0. The summed E-state index contributed by atoms with van der Waals surface area (Å²) in [6.07, 6.45) is 4.88. The molecule has 1 fully saturated rings. The molecule has 1 aliphatic carbocycles. The molecule has 1 aromatic rings. The van der Waals surface area contributed by atoms with Crippen molar-refractivity contribution in [3.63, 3.8) is 0 Å². The second-order valence-corrected chi connectivity index (χ2v) is 5.17. The molecule has 0 atom stereocenters. The van der Waals surface area contributed by atoms with Crippen molar-refractivity contribution in [1.82, 2.24) is 10.3 Å². The molecular weight excluding hydrogens is 242 g/mol. The maximum absolute atomic E-state index is 12.1. The maximum Gasteiger partial charge on any atom is 0.228 e. The number of amides is 1. The minimum atomic E-state index is -0.207. The number of carbonyl (C=O) groups is 1. The summed E-state index contributed by atoms with van der Waals surface area (Å²) < 4.78 is 0. The first-order valence-corrected chi connectivity index (χ1v) is 6.71. The van der Waals surface area contributed by atoms with Gasteiger partial charge in [0.15, 0.2) is 0 Å². The lowest BCUT2D eigenvalue weighted by atomic mass is 9.76. The first-order valence-electron chi connectivity index (χ1n) is 6.71. The molecule has 1 aliphatic rings. The van der Waals surface area contributed by atoms with Crippen LogP contribution in [-0.2, 0) is 4.79 Å². The van der Waals surface area contributed by atoms with Gasteiger partial charge in [-0.05, 0) is 44.9 Å². The number of rotatable bonds is 4. The van der Waals surface area contributed by atoms with Crippen molar-refractivity contribution in [1.29, 1.82) is 0 Å². The smallest absolute Gasteiger partial charge is 0.228 e. The molecule has 1 aromatic heterocycles. The normalized spacial score (nSPS) is 26.9. The van der Waals surface area contributed by atoms with Gasteiger partial charge in [-0.25, -0.2) is 4.98 Å². The van der Waals surface area contributed by atoms with Crippen LogP contribution >= 0.6 is 0 Å². The minimum Gasteiger partial charge on any atom is -0.394 e. The minimum absolute atomic E-state index is 0.00929. The molecule has 0 bridgehead atoms. The molecule has 3 N–H and O–H groups in total. The van der Waals surface area contributed by atoms with E-state index in [0.717, 1.165) is 25.7 Å². The lowest BCUT2D eigenvalue weighted by molar-refractivity contribution is -0.121. The number of pyridine rings is 1.